The van der Waals surface area contributed by atoms with Crippen LogP contribution in [0.4, 0.5) is 13.2 Å². The molecule has 7 nitrogen and oxygen atoms in total. The predicted molar refractivity (Wildman–Crippen MR) is 146 cm³/mol. The molecular formula is C29H32Cl2F3N3O4. The first-order chi connectivity index (χ1) is 19.3. The van der Waals surface area contributed by atoms with Gasteiger partial charge in [0.1, 0.15) is 0 Å². The van der Waals surface area contributed by atoms with Crippen molar-refractivity contribution in [2.24, 2.45) is 10.8 Å². The van der Waals surface area contributed by atoms with Gasteiger partial charge in [-0.05, 0) is 75.8 Å². The number of amides is 1. The second kappa shape index (κ2) is 10.9. The van der Waals surface area contributed by atoms with Gasteiger partial charge in [0.05, 0.1) is 45.4 Å². The molecule has 5 rings (SSSR count). The Balaban J connectivity index is 1.50. The van der Waals surface area contributed by atoms with Gasteiger partial charge in [0.25, 0.3) is 5.91 Å². The van der Waals surface area contributed by atoms with Crippen molar-refractivity contribution in [2.75, 3.05) is 6.54 Å². The summed E-state index contributed by atoms with van der Waals surface area (Å²) in [7, 11) is 0. The first-order valence-corrected chi connectivity index (χ1v) is 14.7. The molecule has 2 aromatic rings. The molecule has 0 unspecified atom stereocenters. The van der Waals surface area contributed by atoms with Crippen LogP contribution in [0.5, 0.6) is 0 Å². The van der Waals surface area contributed by atoms with Gasteiger partial charge in [-0.3, -0.25) is 19.1 Å². The second-order valence-corrected chi connectivity index (χ2v) is 12.8. The highest BCUT2D eigenvalue weighted by molar-refractivity contribution is 6.40. The number of carboxylic acids is 1. The van der Waals surface area contributed by atoms with Crippen LogP contribution in [0.25, 0.3) is 0 Å². The van der Waals surface area contributed by atoms with Crippen molar-refractivity contribution < 1.29 is 32.7 Å². The van der Waals surface area contributed by atoms with Crippen LogP contribution in [0.3, 0.4) is 0 Å². The lowest BCUT2D eigenvalue weighted by Gasteiger charge is -2.52. The van der Waals surface area contributed by atoms with Crippen molar-refractivity contribution in [3.8, 4) is 0 Å². The van der Waals surface area contributed by atoms with Crippen LogP contribution >= 0.6 is 23.2 Å². The fourth-order valence-electron chi connectivity index (χ4n) is 7.08. The molecule has 0 bridgehead atoms. The summed E-state index contributed by atoms with van der Waals surface area (Å²) in [6.07, 6.45) is 1.83. The largest absolute Gasteiger partial charge is 0.481 e. The number of carbonyl (C=O) groups excluding carboxylic acids is 2. The van der Waals surface area contributed by atoms with E-state index in [9.17, 15) is 32.7 Å². The van der Waals surface area contributed by atoms with E-state index in [0.717, 1.165) is 43.0 Å². The third kappa shape index (κ3) is 5.38. The van der Waals surface area contributed by atoms with Gasteiger partial charge >= 0.3 is 12.1 Å². The smallest absolute Gasteiger partial charge is 0.433 e. The van der Waals surface area contributed by atoms with Crippen LogP contribution in [-0.4, -0.2) is 50.0 Å². The average molecular weight is 614 g/mol. The molecule has 1 aromatic heterocycles. The zero-order valence-corrected chi connectivity index (χ0v) is 24.2. The highest BCUT2D eigenvalue weighted by atomic mass is 35.5. The lowest BCUT2D eigenvalue weighted by atomic mass is 9.62. The molecule has 1 atom stereocenters. The quantitative estimate of drug-likeness (QED) is 0.327. The SMILES string of the molecule is C[C@]1(C(=O)O)CC[C@H](n2ncc(C(=O)N(CC(=O)c3c(Cl)cccc3Cl)[C@@H]3CCC34CCCC4)c2C(F)(F)F)CC1. The molecule has 3 saturated carbocycles. The van der Waals surface area contributed by atoms with Gasteiger partial charge < -0.3 is 10.0 Å². The fourth-order valence-corrected chi connectivity index (χ4v) is 7.69. The van der Waals surface area contributed by atoms with Gasteiger partial charge in [0.2, 0.25) is 0 Å². The molecule has 222 valence electrons. The Bertz CT molecular complexity index is 1340. The Morgan fingerprint density at radius 2 is 1.66 bits per heavy atom. The highest BCUT2D eigenvalue weighted by Gasteiger charge is 2.53. The standard InChI is InChI=1S/C29H32Cl2F3N3O4/c1-27(26(40)41)12-7-17(8-13-27)37-24(29(32,33)34)18(15-35-37)25(39)36(22-9-14-28(22)10-2-3-11-28)16-21(38)23-19(30)5-4-6-20(23)31/h4-6,15,17,22H,2-3,7-14,16H2,1H3,(H,40,41)/t17-,22-,27-/m1/s1. The first kappa shape index (κ1) is 29.9. The number of halogens is 5. The molecule has 0 radical (unpaired) electrons. The Hall–Kier alpha value is -2.59. The highest BCUT2D eigenvalue weighted by Crippen LogP contribution is 2.55. The average Bonchev–Trinajstić information content (AvgIpc) is 3.57. The van der Waals surface area contributed by atoms with Crippen LogP contribution in [0, 0.1) is 10.8 Å². The van der Waals surface area contributed by atoms with Crippen LogP contribution in [0.2, 0.25) is 10.0 Å². The maximum atomic E-state index is 14.6. The molecule has 1 amide bonds. The third-order valence-corrected chi connectivity index (χ3v) is 10.3. The minimum absolute atomic E-state index is 0.0313. The first-order valence-electron chi connectivity index (χ1n) is 13.9. The van der Waals surface area contributed by atoms with Gasteiger partial charge in [-0.1, -0.05) is 42.1 Å². The molecule has 3 aliphatic rings. The zero-order chi connectivity index (χ0) is 29.7. The van der Waals surface area contributed by atoms with Gasteiger partial charge in [-0.25, -0.2) is 0 Å². The van der Waals surface area contributed by atoms with E-state index in [0.29, 0.717) is 6.42 Å². The Labute approximate surface area is 246 Å². The summed E-state index contributed by atoms with van der Waals surface area (Å²) in [6.45, 7) is 1.13. The van der Waals surface area contributed by atoms with Crippen LogP contribution < -0.4 is 0 Å². The van der Waals surface area contributed by atoms with Crippen LogP contribution in [0.15, 0.2) is 24.4 Å². The van der Waals surface area contributed by atoms with Crippen molar-refractivity contribution in [3.63, 3.8) is 0 Å². The summed E-state index contributed by atoms with van der Waals surface area (Å²) in [4.78, 5) is 40.5. The van der Waals surface area contributed by atoms with Gasteiger partial charge in [0, 0.05) is 6.04 Å². The van der Waals surface area contributed by atoms with Crippen molar-refractivity contribution in [1.29, 1.82) is 0 Å². The van der Waals surface area contributed by atoms with Crippen molar-refractivity contribution in [2.45, 2.75) is 89.4 Å². The van der Waals surface area contributed by atoms with E-state index in [1.165, 1.54) is 17.0 Å². The lowest BCUT2D eigenvalue weighted by Crippen LogP contribution is -2.57. The zero-order valence-electron chi connectivity index (χ0n) is 22.6. The maximum Gasteiger partial charge on any atom is 0.433 e. The molecule has 12 heteroatoms. The van der Waals surface area contributed by atoms with E-state index in [2.05, 4.69) is 5.10 Å². The summed E-state index contributed by atoms with van der Waals surface area (Å²) in [5.74, 6) is -2.43. The number of carboxylic acid groups (broad SMARTS) is 1. The molecule has 0 saturated heterocycles. The number of aliphatic carboxylic acids is 1. The number of nitrogens with zero attached hydrogens (tertiary/aromatic N) is 3. The van der Waals surface area contributed by atoms with Crippen molar-refractivity contribution >= 4 is 40.9 Å². The molecule has 3 fully saturated rings. The summed E-state index contributed by atoms with van der Waals surface area (Å²) in [5, 5.41) is 13.8. The van der Waals surface area contributed by atoms with E-state index in [4.69, 9.17) is 23.2 Å². The molecule has 1 heterocycles. The number of benzene rings is 1. The molecule has 1 aromatic carbocycles. The Kier molecular flexibility index (Phi) is 7.96. The van der Waals surface area contributed by atoms with E-state index in [1.807, 2.05) is 0 Å². The summed E-state index contributed by atoms with van der Waals surface area (Å²) in [5.41, 5.74) is -2.98. The number of alkyl halides is 3. The van der Waals surface area contributed by atoms with Gasteiger partial charge in [-0.2, -0.15) is 18.3 Å². The van der Waals surface area contributed by atoms with Gasteiger partial charge in [-0.15, -0.1) is 0 Å². The van der Waals surface area contributed by atoms with E-state index < -0.39 is 59.1 Å². The maximum absolute atomic E-state index is 14.6. The summed E-state index contributed by atoms with van der Waals surface area (Å²) < 4.78 is 44.6. The number of ketones is 1. The minimum atomic E-state index is -4.90. The number of hydrogen-bond donors (Lipinski definition) is 1. The predicted octanol–water partition coefficient (Wildman–Crippen LogP) is 7.46. The van der Waals surface area contributed by atoms with E-state index in [-0.39, 0.29) is 46.7 Å². The minimum Gasteiger partial charge on any atom is -0.481 e. The second-order valence-electron chi connectivity index (χ2n) is 12.0. The summed E-state index contributed by atoms with van der Waals surface area (Å²) in [6, 6.07) is 3.48. The number of hydrogen-bond acceptors (Lipinski definition) is 4. The number of aromatic nitrogens is 2. The Morgan fingerprint density at radius 1 is 1.05 bits per heavy atom. The fraction of sp³-hybridized carbons (Fsp3) is 0.586. The molecular weight excluding hydrogens is 582 g/mol. The molecule has 0 aliphatic heterocycles. The number of Topliss-reactive ketones (excluding diaryl/α,β-unsaturated/α-hetero) is 1. The van der Waals surface area contributed by atoms with Crippen LogP contribution in [-0.2, 0) is 11.0 Å². The number of rotatable bonds is 7. The normalized spacial score (nSPS) is 25.6. The molecule has 1 spiro atoms. The lowest BCUT2D eigenvalue weighted by molar-refractivity contribution is -0.152. The van der Waals surface area contributed by atoms with Crippen molar-refractivity contribution in [1.82, 2.24) is 14.7 Å². The molecule has 3 aliphatic carbocycles. The topological polar surface area (TPSA) is 92.5 Å². The monoisotopic (exact) mass is 613 g/mol. The summed E-state index contributed by atoms with van der Waals surface area (Å²) >= 11 is 12.5. The molecule has 1 N–H and O–H groups in total. The van der Waals surface area contributed by atoms with E-state index >= 15 is 0 Å². The molecule has 41 heavy (non-hydrogen) atoms. The van der Waals surface area contributed by atoms with Gasteiger partial charge in [0.15, 0.2) is 11.5 Å². The third-order valence-electron chi connectivity index (χ3n) is 9.63. The number of carbonyl (C=O) groups is 3. The van der Waals surface area contributed by atoms with Crippen molar-refractivity contribution in [3.05, 3.63) is 51.3 Å². The van der Waals surface area contributed by atoms with Crippen LogP contribution in [0.1, 0.15) is 104 Å². The van der Waals surface area contributed by atoms with E-state index in [1.54, 1.807) is 13.0 Å². The Morgan fingerprint density at radius 3 is 2.17 bits per heavy atom.